The highest BCUT2D eigenvalue weighted by molar-refractivity contribution is 7.99. The largest absolute Gasteiger partial charge is 0.325 e. The van der Waals surface area contributed by atoms with Crippen molar-refractivity contribution in [2.45, 2.75) is 18.9 Å². The van der Waals surface area contributed by atoms with Gasteiger partial charge >= 0.3 is 0 Å². The van der Waals surface area contributed by atoms with Gasteiger partial charge < -0.3 is 5.32 Å². The fraction of sp³-hybridized carbons (Fsp3) is 0.200. The molecule has 0 aliphatic carbocycles. The summed E-state index contributed by atoms with van der Waals surface area (Å²) in [6.45, 7) is 3.93. The first-order valence-corrected chi connectivity index (χ1v) is 7.54. The van der Waals surface area contributed by atoms with Crippen molar-refractivity contribution in [3.05, 3.63) is 57.8 Å². The second-order valence-electron chi connectivity index (χ2n) is 4.77. The number of pyridine rings is 1. The lowest BCUT2D eigenvalue weighted by molar-refractivity contribution is -0.385. The molecule has 6 nitrogen and oxygen atoms in total. The number of carbonyl (C=O) groups excluding carboxylic acids is 1. The van der Waals surface area contributed by atoms with Crippen LogP contribution >= 0.6 is 11.8 Å². The van der Waals surface area contributed by atoms with E-state index < -0.39 is 4.92 Å². The van der Waals surface area contributed by atoms with Gasteiger partial charge in [0.15, 0.2) is 0 Å². The molecule has 1 N–H and O–H groups in total. The Balaban J connectivity index is 1.91. The van der Waals surface area contributed by atoms with Crippen molar-refractivity contribution in [2.24, 2.45) is 0 Å². The summed E-state index contributed by atoms with van der Waals surface area (Å²) in [5.41, 5.74) is 2.86. The van der Waals surface area contributed by atoms with Gasteiger partial charge in [-0.15, -0.1) is 0 Å². The van der Waals surface area contributed by atoms with Crippen LogP contribution in [0.2, 0.25) is 0 Å². The Morgan fingerprint density at radius 3 is 2.68 bits per heavy atom. The average Bonchev–Trinajstić information content (AvgIpc) is 2.48. The lowest BCUT2D eigenvalue weighted by atomic mass is 10.1. The highest BCUT2D eigenvalue weighted by Crippen LogP contribution is 2.20. The molecule has 1 aromatic heterocycles. The highest BCUT2D eigenvalue weighted by atomic mass is 32.2. The third kappa shape index (κ3) is 4.29. The quantitative estimate of drug-likeness (QED) is 0.519. The Bertz CT molecular complexity index is 702. The minimum absolute atomic E-state index is 0.0657. The number of benzene rings is 1. The van der Waals surface area contributed by atoms with Gasteiger partial charge in [0, 0.05) is 11.8 Å². The predicted octanol–water partition coefficient (Wildman–Crippen LogP) is 3.34. The minimum atomic E-state index is -0.506. The van der Waals surface area contributed by atoms with Crippen LogP contribution in [-0.2, 0) is 4.79 Å². The molecular weight excluding hydrogens is 302 g/mol. The van der Waals surface area contributed by atoms with Gasteiger partial charge in [0.05, 0.1) is 15.7 Å². The maximum absolute atomic E-state index is 11.9. The maximum Gasteiger partial charge on any atom is 0.287 e. The molecule has 0 radical (unpaired) electrons. The number of hydrogen-bond acceptors (Lipinski definition) is 5. The third-order valence-electron chi connectivity index (χ3n) is 2.94. The molecular formula is C15H15N3O3S. The van der Waals surface area contributed by atoms with Gasteiger partial charge in [-0.3, -0.25) is 14.9 Å². The van der Waals surface area contributed by atoms with Crippen molar-refractivity contribution in [3.8, 4) is 0 Å². The SMILES string of the molecule is Cc1ccc(NC(=O)CSc2ccc([N+](=O)[O-])cn2)c(C)c1. The number of aryl methyl sites for hydroxylation is 2. The summed E-state index contributed by atoms with van der Waals surface area (Å²) in [6, 6.07) is 8.72. The van der Waals surface area contributed by atoms with Gasteiger partial charge in [-0.05, 0) is 31.5 Å². The molecule has 0 aliphatic heterocycles. The number of thioether (sulfide) groups is 1. The second kappa shape index (κ2) is 7.04. The molecule has 0 spiro atoms. The van der Waals surface area contributed by atoms with Crippen LogP contribution in [0.5, 0.6) is 0 Å². The molecule has 0 saturated heterocycles. The lowest BCUT2D eigenvalue weighted by Gasteiger charge is -2.08. The molecule has 0 atom stereocenters. The molecule has 22 heavy (non-hydrogen) atoms. The Kier molecular flexibility index (Phi) is 5.11. The van der Waals surface area contributed by atoms with Gasteiger partial charge in [0.25, 0.3) is 5.69 Å². The van der Waals surface area contributed by atoms with Crippen LogP contribution < -0.4 is 5.32 Å². The minimum Gasteiger partial charge on any atom is -0.325 e. The second-order valence-corrected chi connectivity index (χ2v) is 5.76. The maximum atomic E-state index is 11.9. The van der Waals surface area contributed by atoms with Crippen molar-refractivity contribution in [1.82, 2.24) is 4.98 Å². The Morgan fingerprint density at radius 1 is 1.32 bits per heavy atom. The van der Waals surface area contributed by atoms with Gasteiger partial charge in [-0.2, -0.15) is 0 Å². The first-order chi connectivity index (χ1) is 10.5. The number of nitrogens with zero attached hydrogens (tertiary/aromatic N) is 2. The first-order valence-electron chi connectivity index (χ1n) is 6.56. The van der Waals surface area contributed by atoms with E-state index in [1.165, 1.54) is 30.1 Å². The molecule has 2 rings (SSSR count). The fourth-order valence-electron chi connectivity index (χ4n) is 1.85. The summed E-state index contributed by atoms with van der Waals surface area (Å²) in [5.74, 6) is 0.0510. The first kappa shape index (κ1) is 16.0. The van der Waals surface area contributed by atoms with E-state index in [1.807, 2.05) is 32.0 Å². The van der Waals surface area contributed by atoms with E-state index in [0.29, 0.717) is 5.03 Å². The van der Waals surface area contributed by atoms with Crippen molar-refractivity contribution >= 4 is 29.0 Å². The van der Waals surface area contributed by atoms with Gasteiger partial charge in [0.1, 0.15) is 6.20 Å². The zero-order valence-corrected chi connectivity index (χ0v) is 13.0. The molecule has 1 heterocycles. The van der Waals surface area contributed by atoms with Crippen molar-refractivity contribution in [3.63, 3.8) is 0 Å². The summed E-state index contributed by atoms with van der Waals surface area (Å²) < 4.78 is 0. The van der Waals surface area contributed by atoms with Gasteiger partial charge in [-0.1, -0.05) is 29.5 Å². The molecule has 0 saturated carbocycles. The Hall–Kier alpha value is -2.41. The molecule has 1 aromatic carbocycles. The summed E-state index contributed by atoms with van der Waals surface area (Å²) in [4.78, 5) is 25.9. The van der Waals surface area contributed by atoms with Gasteiger partial charge in [0.2, 0.25) is 5.91 Å². The number of aromatic nitrogens is 1. The number of rotatable bonds is 5. The van der Waals surface area contributed by atoms with E-state index in [9.17, 15) is 14.9 Å². The van der Waals surface area contributed by atoms with E-state index in [-0.39, 0.29) is 17.3 Å². The van der Waals surface area contributed by atoms with Crippen LogP contribution in [0.15, 0.2) is 41.6 Å². The van der Waals surface area contributed by atoms with Crippen LogP contribution in [0.4, 0.5) is 11.4 Å². The number of anilines is 1. The molecule has 0 unspecified atom stereocenters. The zero-order chi connectivity index (χ0) is 16.1. The topological polar surface area (TPSA) is 85.1 Å². The van der Waals surface area contributed by atoms with E-state index in [4.69, 9.17) is 0 Å². The van der Waals surface area contributed by atoms with E-state index in [1.54, 1.807) is 0 Å². The predicted molar refractivity (Wildman–Crippen MR) is 86.2 cm³/mol. The van der Waals surface area contributed by atoms with Crippen molar-refractivity contribution < 1.29 is 9.72 Å². The molecule has 0 bridgehead atoms. The molecule has 7 heteroatoms. The van der Waals surface area contributed by atoms with Crippen LogP contribution in [-0.4, -0.2) is 21.6 Å². The van der Waals surface area contributed by atoms with Crippen LogP contribution in [0.1, 0.15) is 11.1 Å². The monoisotopic (exact) mass is 317 g/mol. The number of nitrogens with one attached hydrogen (secondary N) is 1. The third-order valence-corrected chi connectivity index (χ3v) is 3.88. The number of carbonyl (C=O) groups is 1. The van der Waals surface area contributed by atoms with Crippen molar-refractivity contribution in [2.75, 3.05) is 11.1 Å². The smallest absolute Gasteiger partial charge is 0.287 e. The van der Waals surface area contributed by atoms with E-state index in [2.05, 4.69) is 10.3 Å². The normalized spacial score (nSPS) is 10.3. The van der Waals surface area contributed by atoms with Crippen LogP contribution in [0.25, 0.3) is 0 Å². The summed E-state index contributed by atoms with van der Waals surface area (Å²) in [7, 11) is 0. The van der Waals surface area contributed by atoms with E-state index >= 15 is 0 Å². The zero-order valence-electron chi connectivity index (χ0n) is 12.2. The van der Waals surface area contributed by atoms with E-state index in [0.717, 1.165) is 16.8 Å². The molecule has 2 aromatic rings. The average molecular weight is 317 g/mol. The Morgan fingerprint density at radius 2 is 2.09 bits per heavy atom. The van der Waals surface area contributed by atoms with Crippen LogP contribution in [0, 0.1) is 24.0 Å². The fourth-order valence-corrected chi connectivity index (χ4v) is 2.49. The lowest BCUT2D eigenvalue weighted by Crippen LogP contribution is -2.14. The molecule has 1 amide bonds. The number of amides is 1. The Labute approximate surface area is 132 Å². The summed E-state index contributed by atoms with van der Waals surface area (Å²) in [6.07, 6.45) is 1.18. The summed E-state index contributed by atoms with van der Waals surface area (Å²) in [5, 5.41) is 13.9. The highest BCUT2D eigenvalue weighted by Gasteiger charge is 2.09. The standard InChI is InChI=1S/C15H15N3O3S/c1-10-3-5-13(11(2)7-10)17-14(19)9-22-15-6-4-12(8-16-15)18(20)21/h3-8H,9H2,1-2H3,(H,17,19). The summed E-state index contributed by atoms with van der Waals surface area (Å²) >= 11 is 1.23. The number of nitro groups is 1. The number of hydrogen-bond donors (Lipinski definition) is 1. The van der Waals surface area contributed by atoms with Crippen LogP contribution in [0.3, 0.4) is 0 Å². The molecule has 0 fully saturated rings. The van der Waals surface area contributed by atoms with Gasteiger partial charge in [-0.25, -0.2) is 4.98 Å². The molecule has 114 valence electrons. The van der Waals surface area contributed by atoms with Crippen molar-refractivity contribution in [1.29, 1.82) is 0 Å². The molecule has 0 aliphatic rings.